The molecule has 31 heavy (non-hydrogen) atoms. The number of nitrogens with two attached hydrogens (primary N) is 1. The molecular formula is C26H28N4O. The number of hydrogen-bond donors (Lipinski definition) is 2. The van der Waals surface area contributed by atoms with Crippen molar-refractivity contribution in [1.29, 1.82) is 10.7 Å². The lowest BCUT2D eigenvalue weighted by Crippen LogP contribution is -2.48. The molecule has 3 N–H and O–H groups in total. The Hall–Kier alpha value is -3.39. The van der Waals surface area contributed by atoms with Crippen LogP contribution in [0.2, 0.25) is 0 Å². The highest BCUT2D eigenvalue weighted by atomic mass is 16.2. The van der Waals surface area contributed by atoms with E-state index in [1.807, 2.05) is 62.1 Å². The third-order valence-corrected chi connectivity index (χ3v) is 6.57. The number of rotatable bonds is 5. The first kappa shape index (κ1) is 20.9. The lowest BCUT2D eigenvalue weighted by atomic mass is 9.89. The number of amides is 1. The van der Waals surface area contributed by atoms with Crippen molar-refractivity contribution in [3.8, 4) is 6.07 Å². The molecule has 158 valence electrons. The van der Waals surface area contributed by atoms with Crippen LogP contribution in [0, 0.1) is 36.5 Å². The van der Waals surface area contributed by atoms with E-state index < -0.39 is 0 Å². The van der Waals surface area contributed by atoms with E-state index in [9.17, 15) is 4.79 Å². The predicted molar refractivity (Wildman–Crippen MR) is 123 cm³/mol. The minimum absolute atomic E-state index is 0.0198. The second kappa shape index (κ2) is 8.03. The van der Waals surface area contributed by atoms with Gasteiger partial charge in [0.1, 0.15) is 0 Å². The normalized spacial score (nSPS) is 16.9. The molecule has 0 aromatic heterocycles. The van der Waals surface area contributed by atoms with Gasteiger partial charge in [0, 0.05) is 47.5 Å². The summed E-state index contributed by atoms with van der Waals surface area (Å²) in [7, 11) is 0. The number of aryl methyl sites for hydroxylation is 2. The molecule has 1 heterocycles. The number of likely N-dealkylation sites (tertiary alicyclic amines) is 1. The van der Waals surface area contributed by atoms with Crippen molar-refractivity contribution in [2.75, 3.05) is 13.1 Å². The summed E-state index contributed by atoms with van der Waals surface area (Å²) in [5, 5.41) is 17.3. The standard InChI is InChI=1S/C26H28N4O/c1-15-10-16(2)23(11-22(15)25(29)17(3)24(28)20-8-9-20)26(31)30-13-21(14-30)19-6-4-18(12-27)5-7-19/h4-7,10-11,20-21,28H,8-9,13-14,29H2,1-3H3/b25-17-,28-24?. The lowest BCUT2D eigenvalue weighted by molar-refractivity contribution is 0.0601. The van der Waals surface area contributed by atoms with Gasteiger partial charge in [-0.1, -0.05) is 18.2 Å². The number of carbonyl (C=O) groups is 1. The maximum absolute atomic E-state index is 13.2. The Kier molecular flexibility index (Phi) is 5.41. The minimum Gasteiger partial charge on any atom is -0.398 e. The Bertz CT molecular complexity index is 1130. The Labute approximate surface area is 183 Å². The molecule has 1 saturated heterocycles. The van der Waals surface area contributed by atoms with Crippen molar-refractivity contribution in [3.05, 3.63) is 75.4 Å². The van der Waals surface area contributed by atoms with Gasteiger partial charge < -0.3 is 16.0 Å². The van der Waals surface area contributed by atoms with Crippen molar-refractivity contribution >= 4 is 17.3 Å². The number of carbonyl (C=O) groups excluding carboxylic acids is 1. The number of benzene rings is 2. The summed E-state index contributed by atoms with van der Waals surface area (Å²) in [6.45, 7) is 7.21. The number of nitriles is 1. The lowest BCUT2D eigenvalue weighted by Gasteiger charge is -2.40. The monoisotopic (exact) mass is 412 g/mol. The molecule has 2 aromatic carbocycles. The van der Waals surface area contributed by atoms with E-state index >= 15 is 0 Å². The third kappa shape index (κ3) is 3.98. The number of hydrogen-bond acceptors (Lipinski definition) is 4. The van der Waals surface area contributed by atoms with Crippen LogP contribution in [0.25, 0.3) is 5.70 Å². The van der Waals surface area contributed by atoms with Gasteiger partial charge in [-0.25, -0.2) is 0 Å². The minimum atomic E-state index is 0.0198. The van der Waals surface area contributed by atoms with E-state index in [-0.39, 0.29) is 5.91 Å². The Morgan fingerprint density at radius 3 is 2.29 bits per heavy atom. The second-order valence-electron chi connectivity index (χ2n) is 8.85. The summed E-state index contributed by atoms with van der Waals surface area (Å²) in [6.07, 6.45) is 2.13. The SMILES string of the molecule is C/C(C(=N)C1CC1)=C(/N)c1cc(C(=O)N2CC(c3ccc(C#N)cc3)C2)c(C)cc1C. The maximum Gasteiger partial charge on any atom is 0.254 e. The molecule has 0 radical (unpaired) electrons. The average molecular weight is 413 g/mol. The summed E-state index contributed by atoms with van der Waals surface area (Å²) in [5.41, 5.74) is 13.8. The largest absolute Gasteiger partial charge is 0.398 e. The van der Waals surface area contributed by atoms with Gasteiger partial charge >= 0.3 is 0 Å². The quantitative estimate of drug-likeness (QED) is 0.706. The van der Waals surface area contributed by atoms with Crippen LogP contribution in [0.15, 0.2) is 42.0 Å². The molecule has 5 heteroatoms. The van der Waals surface area contributed by atoms with Crippen LogP contribution in [0.3, 0.4) is 0 Å². The number of allylic oxidation sites excluding steroid dienone is 1. The van der Waals surface area contributed by atoms with Crippen LogP contribution < -0.4 is 5.73 Å². The van der Waals surface area contributed by atoms with Gasteiger partial charge in [-0.05, 0) is 74.1 Å². The predicted octanol–water partition coefficient (Wildman–Crippen LogP) is 4.53. The van der Waals surface area contributed by atoms with E-state index in [1.54, 1.807) is 0 Å². The van der Waals surface area contributed by atoms with Crippen molar-refractivity contribution in [1.82, 2.24) is 4.90 Å². The van der Waals surface area contributed by atoms with Gasteiger partial charge in [-0.15, -0.1) is 0 Å². The molecule has 0 unspecified atom stereocenters. The Morgan fingerprint density at radius 2 is 1.71 bits per heavy atom. The topological polar surface area (TPSA) is 94.0 Å². The van der Waals surface area contributed by atoms with Crippen LogP contribution in [-0.4, -0.2) is 29.6 Å². The Balaban J connectivity index is 1.53. The average Bonchev–Trinajstić information content (AvgIpc) is 3.57. The van der Waals surface area contributed by atoms with E-state index in [1.165, 1.54) is 0 Å². The van der Waals surface area contributed by atoms with E-state index in [2.05, 4.69) is 6.07 Å². The summed E-state index contributed by atoms with van der Waals surface area (Å²) in [5.74, 6) is 0.658. The van der Waals surface area contributed by atoms with Gasteiger partial charge in [-0.2, -0.15) is 5.26 Å². The van der Waals surface area contributed by atoms with E-state index in [4.69, 9.17) is 16.4 Å². The first-order valence-electron chi connectivity index (χ1n) is 10.8. The summed E-state index contributed by atoms with van der Waals surface area (Å²) in [6, 6.07) is 13.7. The molecule has 1 saturated carbocycles. The zero-order valence-corrected chi connectivity index (χ0v) is 18.3. The smallest absolute Gasteiger partial charge is 0.254 e. The van der Waals surface area contributed by atoms with Gasteiger partial charge in [0.25, 0.3) is 5.91 Å². The first-order chi connectivity index (χ1) is 14.8. The van der Waals surface area contributed by atoms with Crippen molar-refractivity contribution in [2.24, 2.45) is 11.7 Å². The van der Waals surface area contributed by atoms with E-state index in [0.29, 0.717) is 47.5 Å². The molecule has 0 atom stereocenters. The molecule has 2 fully saturated rings. The van der Waals surface area contributed by atoms with Crippen LogP contribution in [-0.2, 0) is 0 Å². The van der Waals surface area contributed by atoms with Crippen LogP contribution >= 0.6 is 0 Å². The molecule has 0 bridgehead atoms. The van der Waals surface area contributed by atoms with E-state index in [0.717, 1.165) is 40.7 Å². The highest BCUT2D eigenvalue weighted by Crippen LogP contribution is 2.35. The van der Waals surface area contributed by atoms with Crippen molar-refractivity contribution < 1.29 is 4.79 Å². The molecule has 5 nitrogen and oxygen atoms in total. The van der Waals surface area contributed by atoms with Gasteiger partial charge in [0.15, 0.2) is 0 Å². The maximum atomic E-state index is 13.2. The summed E-state index contributed by atoms with van der Waals surface area (Å²) in [4.78, 5) is 15.1. The van der Waals surface area contributed by atoms with Gasteiger partial charge in [0.2, 0.25) is 0 Å². The van der Waals surface area contributed by atoms with Gasteiger partial charge in [-0.3, -0.25) is 4.79 Å². The molecule has 1 aliphatic heterocycles. The zero-order valence-electron chi connectivity index (χ0n) is 18.3. The first-order valence-corrected chi connectivity index (χ1v) is 10.8. The number of nitrogens with one attached hydrogen (secondary N) is 1. The van der Waals surface area contributed by atoms with Crippen molar-refractivity contribution in [2.45, 2.75) is 39.5 Å². The molecule has 1 aliphatic carbocycles. The summed E-state index contributed by atoms with van der Waals surface area (Å²) < 4.78 is 0. The fourth-order valence-corrected chi connectivity index (χ4v) is 4.25. The van der Waals surface area contributed by atoms with Crippen molar-refractivity contribution in [3.63, 3.8) is 0 Å². The third-order valence-electron chi connectivity index (χ3n) is 6.57. The fraction of sp³-hybridized carbons (Fsp3) is 0.346. The molecule has 1 amide bonds. The molecule has 2 aliphatic rings. The summed E-state index contributed by atoms with van der Waals surface area (Å²) >= 11 is 0. The molecular weight excluding hydrogens is 384 g/mol. The zero-order chi connectivity index (χ0) is 22.3. The Morgan fingerprint density at radius 1 is 1.10 bits per heavy atom. The molecule has 4 rings (SSSR count). The molecule has 0 spiro atoms. The van der Waals surface area contributed by atoms with Crippen LogP contribution in [0.5, 0.6) is 0 Å². The molecule has 2 aromatic rings. The highest BCUT2D eigenvalue weighted by molar-refractivity contribution is 6.06. The van der Waals surface area contributed by atoms with Crippen LogP contribution in [0.1, 0.15) is 63.9 Å². The highest BCUT2D eigenvalue weighted by Gasteiger charge is 2.33. The van der Waals surface area contributed by atoms with Crippen LogP contribution in [0.4, 0.5) is 0 Å². The number of nitrogens with zero attached hydrogens (tertiary/aromatic N) is 2. The van der Waals surface area contributed by atoms with Gasteiger partial charge in [0.05, 0.1) is 11.6 Å². The second-order valence-corrected chi connectivity index (χ2v) is 8.85. The fourth-order valence-electron chi connectivity index (χ4n) is 4.25.